The standard InChI is InChI=1S/C9H15N3O/c1-3-11-12(5-1)6-2-9-8-10-4-7-13-9/h1,3,5,9-10H,2,4,6-8H2. The normalized spacial score (nSPS) is 23.2. The maximum absolute atomic E-state index is 5.57. The molecule has 13 heavy (non-hydrogen) atoms. The van der Waals surface area contributed by atoms with Crippen LogP contribution in [0.15, 0.2) is 18.5 Å². The van der Waals surface area contributed by atoms with E-state index in [9.17, 15) is 0 Å². The van der Waals surface area contributed by atoms with Crippen LogP contribution in [0.5, 0.6) is 0 Å². The SMILES string of the molecule is c1cnn(CCC2CNCCO2)c1. The first-order valence-corrected chi connectivity index (χ1v) is 4.75. The second kappa shape index (κ2) is 4.39. The van der Waals surface area contributed by atoms with Gasteiger partial charge in [-0.2, -0.15) is 5.10 Å². The third kappa shape index (κ3) is 2.54. The smallest absolute Gasteiger partial charge is 0.0717 e. The lowest BCUT2D eigenvalue weighted by Crippen LogP contribution is -2.38. The number of nitrogens with zero attached hydrogens (tertiary/aromatic N) is 2. The predicted molar refractivity (Wildman–Crippen MR) is 49.5 cm³/mol. The number of rotatable bonds is 3. The molecule has 1 aromatic rings. The Morgan fingerprint density at radius 3 is 3.31 bits per heavy atom. The number of nitrogens with one attached hydrogen (secondary N) is 1. The Labute approximate surface area is 77.9 Å². The van der Waals surface area contributed by atoms with Crippen LogP contribution >= 0.6 is 0 Å². The van der Waals surface area contributed by atoms with E-state index >= 15 is 0 Å². The molecule has 1 N–H and O–H groups in total. The highest BCUT2D eigenvalue weighted by Gasteiger charge is 2.12. The summed E-state index contributed by atoms with van der Waals surface area (Å²) in [4.78, 5) is 0. The summed E-state index contributed by atoms with van der Waals surface area (Å²) in [5.74, 6) is 0. The van der Waals surface area contributed by atoms with Gasteiger partial charge in [-0.05, 0) is 12.5 Å². The Bertz CT molecular complexity index is 229. The first kappa shape index (κ1) is 8.72. The van der Waals surface area contributed by atoms with Crippen molar-refractivity contribution < 1.29 is 4.74 Å². The van der Waals surface area contributed by atoms with E-state index in [-0.39, 0.29) is 0 Å². The van der Waals surface area contributed by atoms with Crippen LogP contribution in [0.25, 0.3) is 0 Å². The zero-order valence-electron chi connectivity index (χ0n) is 7.65. The molecule has 2 heterocycles. The van der Waals surface area contributed by atoms with Crippen molar-refractivity contribution in [2.75, 3.05) is 19.7 Å². The van der Waals surface area contributed by atoms with Crippen LogP contribution in [0.3, 0.4) is 0 Å². The largest absolute Gasteiger partial charge is 0.376 e. The molecule has 4 heteroatoms. The van der Waals surface area contributed by atoms with Crippen molar-refractivity contribution in [2.24, 2.45) is 0 Å². The van der Waals surface area contributed by atoms with Gasteiger partial charge in [0.25, 0.3) is 0 Å². The fourth-order valence-electron chi connectivity index (χ4n) is 1.51. The summed E-state index contributed by atoms with van der Waals surface area (Å²) in [6, 6.07) is 1.94. The maximum Gasteiger partial charge on any atom is 0.0717 e. The molecule has 72 valence electrons. The summed E-state index contributed by atoms with van der Waals surface area (Å²) in [6.07, 6.45) is 5.18. The maximum atomic E-state index is 5.57. The van der Waals surface area contributed by atoms with Gasteiger partial charge in [-0.25, -0.2) is 0 Å². The molecule has 1 saturated heterocycles. The third-order valence-corrected chi connectivity index (χ3v) is 2.24. The van der Waals surface area contributed by atoms with Gasteiger partial charge < -0.3 is 10.1 Å². The van der Waals surface area contributed by atoms with Crippen LogP contribution in [0.1, 0.15) is 6.42 Å². The number of hydrogen-bond donors (Lipinski definition) is 1. The lowest BCUT2D eigenvalue weighted by atomic mass is 10.2. The molecule has 4 nitrogen and oxygen atoms in total. The summed E-state index contributed by atoms with van der Waals surface area (Å²) in [7, 11) is 0. The summed E-state index contributed by atoms with van der Waals surface area (Å²) in [6.45, 7) is 3.74. The molecule has 1 aromatic heterocycles. The van der Waals surface area contributed by atoms with Crippen LogP contribution in [0, 0.1) is 0 Å². The topological polar surface area (TPSA) is 39.1 Å². The second-order valence-corrected chi connectivity index (χ2v) is 3.25. The van der Waals surface area contributed by atoms with E-state index in [0.717, 1.165) is 32.7 Å². The van der Waals surface area contributed by atoms with Crippen molar-refractivity contribution >= 4 is 0 Å². The Hall–Kier alpha value is -0.870. The number of morpholine rings is 1. The van der Waals surface area contributed by atoms with Crippen LogP contribution in [-0.2, 0) is 11.3 Å². The van der Waals surface area contributed by atoms with E-state index in [4.69, 9.17) is 4.74 Å². The molecule has 0 radical (unpaired) electrons. The van der Waals surface area contributed by atoms with E-state index in [1.807, 2.05) is 16.9 Å². The minimum atomic E-state index is 0.359. The number of hydrogen-bond acceptors (Lipinski definition) is 3. The Morgan fingerprint density at radius 2 is 2.62 bits per heavy atom. The summed E-state index contributed by atoms with van der Waals surface area (Å²) in [5, 5.41) is 7.45. The van der Waals surface area contributed by atoms with Crippen LogP contribution < -0.4 is 5.32 Å². The van der Waals surface area contributed by atoms with Crippen LogP contribution in [-0.4, -0.2) is 35.6 Å². The van der Waals surface area contributed by atoms with Crippen molar-refractivity contribution in [3.05, 3.63) is 18.5 Å². The minimum absolute atomic E-state index is 0.359. The number of aromatic nitrogens is 2. The van der Waals surface area contributed by atoms with Gasteiger partial charge in [0.05, 0.1) is 12.7 Å². The summed E-state index contributed by atoms with van der Waals surface area (Å²) >= 11 is 0. The van der Waals surface area contributed by atoms with Gasteiger partial charge in [0.2, 0.25) is 0 Å². The molecular weight excluding hydrogens is 166 g/mol. The van der Waals surface area contributed by atoms with Gasteiger partial charge in [-0.3, -0.25) is 4.68 Å². The molecule has 2 rings (SSSR count). The Kier molecular flexibility index (Phi) is 2.94. The molecule has 0 bridgehead atoms. The predicted octanol–water partition coefficient (Wildman–Crippen LogP) is 0.262. The quantitative estimate of drug-likeness (QED) is 0.727. The Balaban J connectivity index is 1.72. The van der Waals surface area contributed by atoms with Crippen molar-refractivity contribution in [1.82, 2.24) is 15.1 Å². The molecule has 0 aromatic carbocycles. The third-order valence-electron chi connectivity index (χ3n) is 2.24. The van der Waals surface area contributed by atoms with Crippen molar-refractivity contribution in [3.8, 4) is 0 Å². The highest BCUT2D eigenvalue weighted by molar-refractivity contribution is 4.78. The van der Waals surface area contributed by atoms with E-state index in [0.29, 0.717) is 6.10 Å². The van der Waals surface area contributed by atoms with E-state index < -0.39 is 0 Å². The summed E-state index contributed by atoms with van der Waals surface area (Å²) in [5.41, 5.74) is 0. The van der Waals surface area contributed by atoms with Crippen molar-refractivity contribution in [3.63, 3.8) is 0 Å². The molecule has 1 aliphatic rings. The highest BCUT2D eigenvalue weighted by atomic mass is 16.5. The molecule has 1 unspecified atom stereocenters. The van der Waals surface area contributed by atoms with Crippen molar-refractivity contribution in [2.45, 2.75) is 19.1 Å². The minimum Gasteiger partial charge on any atom is -0.376 e. The molecule has 0 aliphatic carbocycles. The van der Waals surface area contributed by atoms with E-state index in [1.165, 1.54) is 0 Å². The zero-order chi connectivity index (χ0) is 8.93. The average Bonchev–Trinajstić information content (AvgIpc) is 2.69. The highest BCUT2D eigenvalue weighted by Crippen LogP contribution is 2.02. The van der Waals surface area contributed by atoms with Gasteiger partial charge in [-0.15, -0.1) is 0 Å². The van der Waals surface area contributed by atoms with Gasteiger partial charge in [0, 0.05) is 32.0 Å². The number of aryl methyl sites for hydroxylation is 1. The fraction of sp³-hybridized carbons (Fsp3) is 0.667. The van der Waals surface area contributed by atoms with Gasteiger partial charge >= 0.3 is 0 Å². The van der Waals surface area contributed by atoms with Crippen LogP contribution in [0.4, 0.5) is 0 Å². The molecule has 1 atom stereocenters. The lowest BCUT2D eigenvalue weighted by molar-refractivity contribution is 0.0205. The first-order valence-electron chi connectivity index (χ1n) is 4.75. The van der Waals surface area contributed by atoms with Gasteiger partial charge in [0.1, 0.15) is 0 Å². The number of ether oxygens (including phenoxy) is 1. The molecule has 0 spiro atoms. The zero-order valence-corrected chi connectivity index (χ0v) is 7.65. The van der Waals surface area contributed by atoms with Gasteiger partial charge in [-0.1, -0.05) is 0 Å². The lowest BCUT2D eigenvalue weighted by Gasteiger charge is -2.23. The van der Waals surface area contributed by atoms with E-state index in [2.05, 4.69) is 10.4 Å². The Morgan fingerprint density at radius 1 is 1.62 bits per heavy atom. The average molecular weight is 181 g/mol. The summed E-state index contributed by atoms with van der Waals surface area (Å²) < 4.78 is 7.52. The molecule has 1 fully saturated rings. The van der Waals surface area contributed by atoms with Crippen LogP contribution in [0.2, 0.25) is 0 Å². The van der Waals surface area contributed by atoms with E-state index in [1.54, 1.807) is 6.20 Å². The molecule has 0 amide bonds. The first-order chi connectivity index (χ1) is 6.45. The van der Waals surface area contributed by atoms with Gasteiger partial charge in [0.15, 0.2) is 0 Å². The fourth-order valence-corrected chi connectivity index (χ4v) is 1.51. The monoisotopic (exact) mass is 181 g/mol. The molecular formula is C9H15N3O. The second-order valence-electron chi connectivity index (χ2n) is 3.25. The van der Waals surface area contributed by atoms with Crippen molar-refractivity contribution in [1.29, 1.82) is 0 Å². The molecule has 0 saturated carbocycles. The molecule has 1 aliphatic heterocycles.